The van der Waals surface area contributed by atoms with Gasteiger partial charge in [-0.15, -0.1) is 0 Å². The number of Topliss-reactive ketones (excluding diaryl/α,β-unsaturated/α-hetero) is 1. The van der Waals surface area contributed by atoms with Gasteiger partial charge in [0.05, 0.1) is 0 Å². The van der Waals surface area contributed by atoms with Gasteiger partial charge in [0.15, 0.2) is 5.82 Å². The first-order valence-electron chi connectivity index (χ1n) is 5.21. The molecule has 17 heavy (non-hydrogen) atoms. The minimum atomic E-state index is -0.0666. The molecule has 0 atom stereocenters. The van der Waals surface area contributed by atoms with Crippen LogP contribution in [0.3, 0.4) is 0 Å². The fraction of sp³-hybridized carbons (Fsp3) is 0.154. The molecule has 0 radical (unpaired) electrons. The molecule has 3 nitrogen and oxygen atoms in total. The maximum Gasteiger partial charge on any atom is 0.204 e. The van der Waals surface area contributed by atoms with Crippen molar-refractivity contribution in [1.82, 2.24) is 9.97 Å². The molecule has 0 saturated heterocycles. The van der Waals surface area contributed by atoms with E-state index in [0.717, 1.165) is 15.6 Å². The van der Waals surface area contributed by atoms with Gasteiger partial charge in [-0.2, -0.15) is 0 Å². The summed E-state index contributed by atoms with van der Waals surface area (Å²) < 4.78 is 0.965. The summed E-state index contributed by atoms with van der Waals surface area (Å²) in [6.07, 6.45) is 3.63. The molecule has 0 bridgehead atoms. The van der Waals surface area contributed by atoms with Crippen LogP contribution in [0.4, 0.5) is 0 Å². The maximum atomic E-state index is 11.9. The van der Waals surface area contributed by atoms with Gasteiger partial charge in [0.2, 0.25) is 5.78 Å². The Morgan fingerprint density at radius 1 is 1.29 bits per heavy atom. The van der Waals surface area contributed by atoms with Crippen LogP contribution in [0.15, 0.2) is 41.1 Å². The Balaban J connectivity index is 2.14. The molecule has 2 rings (SSSR count). The molecule has 0 unspecified atom stereocenters. The molecule has 0 N–H and O–H groups in total. The van der Waals surface area contributed by atoms with Crippen LogP contribution >= 0.6 is 15.9 Å². The highest BCUT2D eigenvalue weighted by Gasteiger charge is 2.09. The standard InChI is InChI=1S/C13H11BrN2O/c1-9-7-15-13(16-8-9)12(17)6-10-3-2-4-11(14)5-10/h2-5,7-8H,6H2,1H3. The van der Waals surface area contributed by atoms with Crippen LogP contribution < -0.4 is 0 Å². The van der Waals surface area contributed by atoms with Gasteiger partial charge >= 0.3 is 0 Å². The number of rotatable bonds is 3. The molecule has 0 aliphatic heterocycles. The van der Waals surface area contributed by atoms with Crippen molar-refractivity contribution in [3.05, 3.63) is 58.1 Å². The molecule has 1 aromatic carbocycles. The molecular formula is C13H11BrN2O. The topological polar surface area (TPSA) is 42.9 Å². The zero-order chi connectivity index (χ0) is 12.3. The van der Waals surface area contributed by atoms with E-state index in [-0.39, 0.29) is 11.6 Å². The number of hydrogen-bond acceptors (Lipinski definition) is 3. The van der Waals surface area contributed by atoms with Gasteiger partial charge < -0.3 is 0 Å². The van der Waals surface area contributed by atoms with Crippen LogP contribution in [0.5, 0.6) is 0 Å². The average molecular weight is 291 g/mol. The van der Waals surface area contributed by atoms with E-state index in [4.69, 9.17) is 0 Å². The zero-order valence-corrected chi connectivity index (χ0v) is 10.9. The van der Waals surface area contributed by atoms with E-state index in [1.165, 1.54) is 0 Å². The number of nitrogens with zero attached hydrogens (tertiary/aromatic N) is 2. The van der Waals surface area contributed by atoms with E-state index >= 15 is 0 Å². The summed E-state index contributed by atoms with van der Waals surface area (Å²) in [5, 5.41) is 0. The van der Waals surface area contributed by atoms with Crippen molar-refractivity contribution in [3.63, 3.8) is 0 Å². The Labute approximate surface area is 108 Å². The summed E-state index contributed by atoms with van der Waals surface area (Å²) in [6, 6.07) is 7.67. The van der Waals surface area contributed by atoms with Gasteiger partial charge in [-0.3, -0.25) is 4.79 Å². The Morgan fingerprint density at radius 3 is 2.65 bits per heavy atom. The fourth-order valence-corrected chi connectivity index (χ4v) is 1.89. The van der Waals surface area contributed by atoms with Crippen molar-refractivity contribution in [1.29, 1.82) is 0 Å². The van der Waals surface area contributed by atoms with Crippen molar-refractivity contribution in [2.45, 2.75) is 13.3 Å². The molecule has 1 aromatic heterocycles. The summed E-state index contributed by atoms with van der Waals surface area (Å²) in [5.41, 5.74) is 1.90. The average Bonchev–Trinajstić information content (AvgIpc) is 2.29. The smallest absolute Gasteiger partial charge is 0.204 e. The number of benzene rings is 1. The minimum Gasteiger partial charge on any atom is -0.290 e. The summed E-state index contributed by atoms with van der Waals surface area (Å²) in [6.45, 7) is 1.89. The molecule has 0 aliphatic rings. The Bertz CT molecular complexity index is 537. The number of ketones is 1. The van der Waals surface area contributed by atoms with Crippen LogP contribution in [0.2, 0.25) is 0 Å². The molecule has 0 aliphatic carbocycles. The van der Waals surface area contributed by atoms with Gasteiger partial charge in [-0.05, 0) is 30.2 Å². The SMILES string of the molecule is Cc1cnc(C(=O)Cc2cccc(Br)c2)nc1. The minimum absolute atomic E-state index is 0.0666. The van der Waals surface area contributed by atoms with E-state index in [2.05, 4.69) is 25.9 Å². The highest BCUT2D eigenvalue weighted by Crippen LogP contribution is 2.13. The summed E-state index contributed by atoms with van der Waals surface area (Å²) in [5.74, 6) is 0.207. The zero-order valence-electron chi connectivity index (χ0n) is 9.35. The molecule has 0 amide bonds. The molecule has 0 saturated carbocycles. The first-order chi connectivity index (χ1) is 8.15. The van der Waals surface area contributed by atoms with Crippen LogP contribution in [0.1, 0.15) is 21.7 Å². The molecule has 0 fully saturated rings. The number of aryl methyl sites for hydroxylation is 1. The van der Waals surface area contributed by atoms with Crippen LogP contribution in [0.25, 0.3) is 0 Å². The molecule has 4 heteroatoms. The van der Waals surface area contributed by atoms with Crippen molar-refractivity contribution >= 4 is 21.7 Å². The summed E-state index contributed by atoms with van der Waals surface area (Å²) in [7, 11) is 0. The lowest BCUT2D eigenvalue weighted by Gasteiger charge is -2.01. The van der Waals surface area contributed by atoms with E-state index in [1.54, 1.807) is 12.4 Å². The number of carbonyl (C=O) groups is 1. The summed E-state index contributed by atoms with van der Waals surface area (Å²) >= 11 is 3.38. The molecule has 2 aromatic rings. The second-order valence-corrected chi connectivity index (χ2v) is 4.73. The van der Waals surface area contributed by atoms with Crippen LogP contribution in [0, 0.1) is 6.92 Å². The van der Waals surface area contributed by atoms with Gasteiger partial charge in [0, 0.05) is 23.3 Å². The first kappa shape index (κ1) is 11.9. The lowest BCUT2D eigenvalue weighted by atomic mass is 10.1. The van der Waals surface area contributed by atoms with Crippen LogP contribution in [-0.4, -0.2) is 15.8 Å². The predicted molar refractivity (Wildman–Crippen MR) is 68.9 cm³/mol. The second-order valence-electron chi connectivity index (χ2n) is 3.81. The van der Waals surface area contributed by atoms with Crippen molar-refractivity contribution in [2.75, 3.05) is 0 Å². The molecule has 86 valence electrons. The number of hydrogen-bond donors (Lipinski definition) is 0. The summed E-state index contributed by atoms with van der Waals surface area (Å²) in [4.78, 5) is 19.9. The Morgan fingerprint density at radius 2 is 2.00 bits per heavy atom. The van der Waals surface area contributed by atoms with Crippen molar-refractivity contribution < 1.29 is 4.79 Å². The maximum absolute atomic E-state index is 11.9. The number of carbonyl (C=O) groups excluding carboxylic acids is 1. The van der Waals surface area contributed by atoms with Gasteiger partial charge in [-0.1, -0.05) is 28.1 Å². The van der Waals surface area contributed by atoms with E-state index in [9.17, 15) is 4.79 Å². The Hall–Kier alpha value is -1.55. The number of aromatic nitrogens is 2. The molecule has 1 heterocycles. The highest BCUT2D eigenvalue weighted by atomic mass is 79.9. The van der Waals surface area contributed by atoms with Gasteiger partial charge in [0.1, 0.15) is 0 Å². The second kappa shape index (κ2) is 5.19. The van der Waals surface area contributed by atoms with E-state index < -0.39 is 0 Å². The van der Waals surface area contributed by atoms with E-state index in [1.807, 2.05) is 31.2 Å². The third-order valence-electron chi connectivity index (χ3n) is 2.28. The number of halogens is 1. The Kier molecular flexibility index (Phi) is 3.64. The van der Waals surface area contributed by atoms with Gasteiger partial charge in [-0.25, -0.2) is 9.97 Å². The monoisotopic (exact) mass is 290 g/mol. The lowest BCUT2D eigenvalue weighted by Crippen LogP contribution is -2.08. The molecule has 0 spiro atoms. The van der Waals surface area contributed by atoms with Crippen LogP contribution in [-0.2, 0) is 6.42 Å². The fourth-order valence-electron chi connectivity index (χ4n) is 1.45. The first-order valence-corrected chi connectivity index (χ1v) is 6.01. The van der Waals surface area contributed by atoms with E-state index in [0.29, 0.717) is 6.42 Å². The van der Waals surface area contributed by atoms with Gasteiger partial charge in [0.25, 0.3) is 0 Å². The lowest BCUT2D eigenvalue weighted by molar-refractivity contribution is 0.0983. The van der Waals surface area contributed by atoms with Crippen molar-refractivity contribution in [2.24, 2.45) is 0 Å². The third kappa shape index (κ3) is 3.20. The molecular weight excluding hydrogens is 280 g/mol. The quantitative estimate of drug-likeness (QED) is 0.816. The van der Waals surface area contributed by atoms with Crippen molar-refractivity contribution in [3.8, 4) is 0 Å². The highest BCUT2D eigenvalue weighted by molar-refractivity contribution is 9.10. The third-order valence-corrected chi connectivity index (χ3v) is 2.78. The largest absolute Gasteiger partial charge is 0.290 e. The predicted octanol–water partition coefficient (Wildman–Crippen LogP) is 2.97. The normalized spacial score (nSPS) is 10.2.